The molecule has 0 bridgehead atoms. The van der Waals surface area contributed by atoms with E-state index in [-0.39, 0.29) is 5.91 Å². The van der Waals surface area contributed by atoms with Gasteiger partial charge in [0.1, 0.15) is 0 Å². The summed E-state index contributed by atoms with van der Waals surface area (Å²) in [5.41, 5.74) is 5.53. The summed E-state index contributed by atoms with van der Waals surface area (Å²) in [5, 5.41) is 1.23. The number of likely N-dealkylation sites (N-methyl/N-ethyl adjacent to an activating group) is 1. The van der Waals surface area contributed by atoms with Crippen LogP contribution in [0.2, 0.25) is 0 Å². The lowest BCUT2D eigenvalue weighted by molar-refractivity contribution is 0.0796. The fourth-order valence-corrected chi connectivity index (χ4v) is 3.79. The SMILES string of the molecule is CC1C=C(c2ccc(C(=O)N(C)CCc3c[nH]c4ccccc34)cc2)C=CC1. The van der Waals surface area contributed by atoms with Gasteiger partial charge in [-0.25, -0.2) is 0 Å². The van der Waals surface area contributed by atoms with E-state index in [1.807, 2.05) is 37.5 Å². The summed E-state index contributed by atoms with van der Waals surface area (Å²) in [5.74, 6) is 0.630. The second kappa shape index (κ2) is 7.89. The van der Waals surface area contributed by atoms with Gasteiger partial charge in [0, 0.05) is 36.3 Å². The number of carbonyl (C=O) groups is 1. The third-order valence-electron chi connectivity index (χ3n) is 5.47. The van der Waals surface area contributed by atoms with Gasteiger partial charge in [-0.05, 0) is 53.7 Å². The molecule has 1 unspecified atom stereocenters. The predicted octanol–water partition coefficient (Wildman–Crippen LogP) is 5.46. The number of nitrogens with zero attached hydrogens (tertiary/aromatic N) is 1. The van der Waals surface area contributed by atoms with Crippen LogP contribution in [0, 0.1) is 5.92 Å². The van der Waals surface area contributed by atoms with Crippen molar-refractivity contribution in [1.29, 1.82) is 0 Å². The topological polar surface area (TPSA) is 36.1 Å². The third-order valence-corrected chi connectivity index (χ3v) is 5.47. The highest BCUT2D eigenvalue weighted by atomic mass is 16.2. The Kier molecular flexibility index (Phi) is 5.16. The van der Waals surface area contributed by atoms with Crippen molar-refractivity contribution in [3.8, 4) is 0 Å². The Morgan fingerprint density at radius 2 is 1.93 bits per heavy atom. The molecule has 0 saturated heterocycles. The van der Waals surface area contributed by atoms with Crippen LogP contribution in [-0.4, -0.2) is 29.4 Å². The number of fused-ring (bicyclic) bond motifs is 1. The molecule has 3 nitrogen and oxygen atoms in total. The second-order valence-corrected chi connectivity index (χ2v) is 7.65. The number of hydrogen-bond acceptors (Lipinski definition) is 1. The molecule has 0 spiro atoms. The van der Waals surface area contributed by atoms with E-state index in [4.69, 9.17) is 0 Å². The first-order valence-electron chi connectivity index (χ1n) is 9.91. The summed E-state index contributed by atoms with van der Waals surface area (Å²) >= 11 is 0. The number of carbonyl (C=O) groups excluding carboxylic acids is 1. The number of nitrogens with one attached hydrogen (secondary N) is 1. The number of H-pyrrole nitrogens is 1. The maximum absolute atomic E-state index is 12.8. The monoisotopic (exact) mass is 370 g/mol. The molecule has 0 aliphatic heterocycles. The number of rotatable bonds is 5. The molecule has 1 aromatic heterocycles. The molecule has 28 heavy (non-hydrogen) atoms. The van der Waals surface area contributed by atoms with Crippen molar-refractivity contribution in [1.82, 2.24) is 9.88 Å². The lowest BCUT2D eigenvalue weighted by Gasteiger charge is -2.18. The van der Waals surface area contributed by atoms with Gasteiger partial charge in [0.2, 0.25) is 0 Å². The van der Waals surface area contributed by atoms with Gasteiger partial charge < -0.3 is 9.88 Å². The first kappa shape index (κ1) is 18.3. The number of benzene rings is 2. The molecule has 0 fully saturated rings. The Labute approximate surface area is 166 Å². The van der Waals surface area contributed by atoms with Crippen molar-refractivity contribution in [3.05, 3.63) is 89.6 Å². The lowest BCUT2D eigenvalue weighted by Crippen LogP contribution is -2.28. The minimum Gasteiger partial charge on any atom is -0.361 e. The molecule has 1 atom stereocenters. The van der Waals surface area contributed by atoms with E-state index in [1.165, 1.54) is 22.1 Å². The van der Waals surface area contributed by atoms with E-state index in [1.54, 1.807) is 4.90 Å². The Bertz CT molecular complexity index is 1040. The second-order valence-electron chi connectivity index (χ2n) is 7.65. The van der Waals surface area contributed by atoms with Gasteiger partial charge in [-0.15, -0.1) is 0 Å². The Hall–Kier alpha value is -3.07. The molecule has 1 heterocycles. The van der Waals surface area contributed by atoms with Crippen LogP contribution in [0.3, 0.4) is 0 Å². The van der Waals surface area contributed by atoms with E-state index >= 15 is 0 Å². The van der Waals surface area contributed by atoms with E-state index in [9.17, 15) is 4.79 Å². The van der Waals surface area contributed by atoms with Crippen LogP contribution < -0.4 is 0 Å². The van der Waals surface area contributed by atoms with Crippen LogP contribution in [0.1, 0.15) is 34.8 Å². The van der Waals surface area contributed by atoms with Gasteiger partial charge in [0.05, 0.1) is 0 Å². The summed E-state index contributed by atoms with van der Waals surface area (Å²) in [4.78, 5) is 17.9. The molecule has 0 saturated carbocycles. The number of hydrogen-bond donors (Lipinski definition) is 1. The highest BCUT2D eigenvalue weighted by molar-refractivity contribution is 5.94. The molecular formula is C25H26N2O. The minimum absolute atomic E-state index is 0.0629. The van der Waals surface area contributed by atoms with Gasteiger partial charge in [0.25, 0.3) is 5.91 Å². The highest BCUT2D eigenvalue weighted by Gasteiger charge is 2.13. The minimum atomic E-state index is 0.0629. The summed E-state index contributed by atoms with van der Waals surface area (Å²) in [7, 11) is 1.87. The van der Waals surface area contributed by atoms with Crippen molar-refractivity contribution in [2.24, 2.45) is 5.92 Å². The van der Waals surface area contributed by atoms with E-state index in [2.05, 4.69) is 54.4 Å². The van der Waals surface area contributed by atoms with E-state index in [0.29, 0.717) is 12.5 Å². The molecule has 2 aromatic carbocycles. The fraction of sp³-hybridized carbons (Fsp3) is 0.240. The van der Waals surface area contributed by atoms with Crippen LogP contribution in [0.5, 0.6) is 0 Å². The number of amides is 1. The molecule has 142 valence electrons. The Morgan fingerprint density at radius 3 is 2.71 bits per heavy atom. The average Bonchev–Trinajstić information content (AvgIpc) is 3.15. The van der Waals surface area contributed by atoms with Crippen molar-refractivity contribution in [2.75, 3.05) is 13.6 Å². The van der Waals surface area contributed by atoms with Crippen LogP contribution in [0.15, 0.2) is 73.0 Å². The fourth-order valence-electron chi connectivity index (χ4n) is 3.79. The molecule has 1 aliphatic carbocycles. The average molecular weight is 370 g/mol. The van der Waals surface area contributed by atoms with E-state index < -0.39 is 0 Å². The zero-order valence-electron chi connectivity index (χ0n) is 16.5. The van der Waals surface area contributed by atoms with Crippen LogP contribution in [0.4, 0.5) is 0 Å². The van der Waals surface area contributed by atoms with Crippen molar-refractivity contribution in [3.63, 3.8) is 0 Å². The quantitative estimate of drug-likeness (QED) is 0.636. The Balaban J connectivity index is 1.41. The summed E-state index contributed by atoms with van der Waals surface area (Å²) in [6.45, 7) is 2.91. The predicted molar refractivity (Wildman–Crippen MR) is 116 cm³/mol. The molecule has 1 aliphatic rings. The molecule has 3 aromatic rings. The molecular weight excluding hydrogens is 344 g/mol. The summed E-state index contributed by atoms with van der Waals surface area (Å²) in [6.07, 6.45) is 10.7. The van der Waals surface area contributed by atoms with Crippen LogP contribution in [0.25, 0.3) is 16.5 Å². The van der Waals surface area contributed by atoms with Crippen LogP contribution in [-0.2, 0) is 6.42 Å². The third kappa shape index (κ3) is 3.79. The largest absolute Gasteiger partial charge is 0.361 e. The first-order valence-corrected chi connectivity index (χ1v) is 9.91. The van der Waals surface area contributed by atoms with Crippen LogP contribution >= 0.6 is 0 Å². The van der Waals surface area contributed by atoms with Gasteiger partial charge in [-0.2, -0.15) is 0 Å². The van der Waals surface area contributed by atoms with Crippen molar-refractivity contribution in [2.45, 2.75) is 19.8 Å². The van der Waals surface area contributed by atoms with Crippen molar-refractivity contribution < 1.29 is 4.79 Å². The molecule has 3 heteroatoms. The van der Waals surface area contributed by atoms with E-state index in [0.717, 1.165) is 23.9 Å². The smallest absolute Gasteiger partial charge is 0.253 e. The summed E-state index contributed by atoms with van der Waals surface area (Å²) < 4.78 is 0. The molecule has 1 amide bonds. The number of aromatic nitrogens is 1. The van der Waals surface area contributed by atoms with Gasteiger partial charge in [0.15, 0.2) is 0 Å². The zero-order chi connectivity index (χ0) is 19.5. The molecule has 4 rings (SSSR count). The van der Waals surface area contributed by atoms with Gasteiger partial charge in [-0.3, -0.25) is 4.79 Å². The van der Waals surface area contributed by atoms with Gasteiger partial charge >= 0.3 is 0 Å². The maximum Gasteiger partial charge on any atom is 0.253 e. The molecule has 1 N–H and O–H groups in total. The number of allylic oxidation sites excluding steroid dienone is 4. The normalized spacial score (nSPS) is 16.2. The molecule has 0 radical (unpaired) electrons. The highest BCUT2D eigenvalue weighted by Crippen LogP contribution is 2.25. The maximum atomic E-state index is 12.8. The Morgan fingerprint density at radius 1 is 1.14 bits per heavy atom. The standard InChI is InChI=1S/C25H26N2O/c1-18-6-5-7-21(16-18)19-10-12-20(13-11-19)25(28)27(2)15-14-22-17-26-24-9-4-3-8-23(22)24/h3-5,7-13,16-18,26H,6,14-15H2,1-2H3. The summed E-state index contributed by atoms with van der Waals surface area (Å²) in [6, 6.07) is 16.3. The number of aromatic amines is 1. The van der Waals surface area contributed by atoms with Gasteiger partial charge in [-0.1, -0.05) is 55.5 Å². The first-order chi connectivity index (χ1) is 13.6. The number of para-hydroxylation sites is 1. The lowest BCUT2D eigenvalue weighted by atomic mass is 9.93. The van der Waals surface area contributed by atoms with Crippen molar-refractivity contribution >= 4 is 22.4 Å². The zero-order valence-corrected chi connectivity index (χ0v) is 16.5.